The van der Waals surface area contributed by atoms with Gasteiger partial charge >= 0.3 is 5.97 Å². The molecular weight excluding hydrogens is 202 g/mol. The Morgan fingerprint density at radius 2 is 1.69 bits per heavy atom. The molecule has 3 heteroatoms. The van der Waals surface area contributed by atoms with Crippen molar-refractivity contribution in [1.29, 1.82) is 0 Å². The second kappa shape index (κ2) is 3.10. The summed E-state index contributed by atoms with van der Waals surface area (Å²) in [5, 5.41) is 12.0. The first-order valence-electron chi connectivity index (χ1n) is 4.99. The zero-order valence-corrected chi connectivity index (χ0v) is 8.40. The van der Waals surface area contributed by atoms with Crippen LogP contribution in [-0.2, 0) is 0 Å². The van der Waals surface area contributed by atoms with Crippen molar-refractivity contribution in [2.45, 2.75) is 0 Å². The molecule has 0 saturated heterocycles. The molecule has 0 amide bonds. The number of carbonyl (C=O) groups is 1. The van der Waals surface area contributed by atoms with Gasteiger partial charge in [-0.15, -0.1) is 0 Å². The van der Waals surface area contributed by atoms with Crippen LogP contribution in [-0.4, -0.2) is 16.1 Å². The molecule has 3 aromatic rings. The number of benzene rings is 2. The fourth-order valence-electron chi connectivity index (χ4n) is 1.94. The summed E-state index contributed by atoms with van der Waals surface area (Å²) in [7, 11) is 0. The number of carboxylic acids is 1. The maximum atomic E-state index is 10.8. The van der Waals surface area contributed by atoms with Gasteiger partial charge in [0.25, 0.3) is 0 Å². The number of aromatic nitrogens is 1. The third-order valence-corrected chi connectivity index (χ3v) is 2.72. The van der Waals surface area contributed by atoms with Gasteiger partial charge < -0.3 is 10.1 Å². The minimum absolute atomic E-state index is 0.227. The molecular formula is C13H9NO2. The van der Waals surface area contributed by atoms with Crippen molar-refractivity contribution in [3.8, 4) is 0 Å². The lowest BCUT2D eigenvalue weighted by atomic mass is 10.1. The molecule has 16 heavy (non-hydrogen) atoms. The van der Waals surface area contributed by atoms with Gasteiger partial charge in [0.05, 0.1) is 0 Å². The van der Waals surface area contributed by atoms with Crippen LogP contribution in [0.4, 0.5) is 0 Å². The third-order valence-electron chi connectivity index (χ3n) is 2.72. The molecule has 0 aliphatic heterocycles. The van der Waals surface area contributed by atoms with Crippen molar-refractivity contribution in [3.63, 3.8) is 0 Å². The largest absolute Gasteiger partial charge is 0.477 e. The summed E-state index contributed by atoms with van der Waals surface area (Å²) in [6.07, 6.45) is 0. The van der Waals surface area contributed by atoms with Gasteiger partial charge in [-0.3, -0.25) is 0 Å². The molecule has 0 atom stereocenters. The monoisotopic (exact) mass is 211 g/mol. The lowest BCUT2D eigenvalue weighted by Crippen LogP contribution is -1.94. The molecule has 78 valence electrons. The van der Waals surface area contributed by atoms with Crippen LogP contribution in [0.1, 0.15) is 10.5 Å². The Balaban J connectivity index is 2.38. The minimum Gasteiger partial charge on any atom is -0.477 e. The van der Waals surface area contributed by atoms with Gasteiger partial charge in [-0.2, -0.15) is 0 Å². The molecule has 0 bridgehead atoms. The average Bonchev–Trinajstić information content (AvgIpc) is 2.68. The first-order chi connectivity index (χ1) is 7.74. The zero-order valence-electron chi connectivity index (χ0n) is 8.40. The van der Waals surface area contributed by atoms with Crippen molar-refractivity contribution in [1.82, 2.24) is 4.98 Å². The fraction of sp³-hybridized carbons (Fsp3) is 0. The normalized spacial score (nSPS) is 11.0. The number of nitrogens with one attached hydrogen (secondary N) is 1. The molecule has 2 N–H and O–H groups in total. The number of hydrogen-bond donors (Lipinski definition) is 2. The standard InChI is InChI=1S/C13H9NO2/c15-13(16)12-7-10-5-8-3-1-2-4-9(8)6-11(10)14-12/h1-7,14H,(H,15,16). The second-order valence-corrected chi connectivity index (χ2v) is 3.77. The highest BCUT2D eigenvalue weighted by Crippen LogP contribution is 2.23. The van der Waals surface area contributed by atoms with Gasteiger partial charge in [-0.05, 0) is 29.0 Å². The molecule has 0 spiro atoms. The van der Waals surface area contributed by atoms with E-state index in [4.69, 9.17) is 5.11 Å². The van der Waals surface area contributed by atoms with E-state index in [0.29, 0.717) is 0 Å². The SMILES string of the molecule is O=C(O)c1cc2cc3ccccc3cc2[nH]1. The van der Waals surface area contributed by atoms with Gasteiger partial charge in [0, 0.05) is 10.9 Å². The van der Waals surface area contributed by atoms with Crippen LogP contribution in [0.15, 0.2) is 42.5 Å². The van der Waals surface area contributed by atoms with E-state index in [2.05, 4.69) is 4.98 Å². The molecule has 3 rings (SSSR count). The highest BCUT2D eigenvalue weighted by Gasteiger charge is 2.07. The van der Waals surface area contributed by atoms with Crippen LogP contribution < -0.4 is 0 Å². The van der Waals surface area contributed by atoms with E-state index in [-0.39, 0.29) is 5.69 Å². The Hall–Kier alpha value is -2.29. The molecule has 0 fully saturated rings. The maximum absolute atomic E-state index is 10.8. The van der Waals surface area contributed by atoms with Gasteiger partial charge in [-0.25, -0.2) is 4.79 Å². The molecule has 1 aromatic heterocycles. The van der Waals surface area contributed by atoms with E-state index in [0.717, 1.165) is 21.7 Å². The van der Waals surface area contributed by atoms with Crippen LogP contribution in [0.5, 0.6) is 0 Å². The van der Waals surface area contributed by atoms with Crippen LogP contribution in [0.25, 0.3) is 21.7 Å². The van der Waals surface area contributed by atoms with Gasteiger partial charge in [0.1, 0.15) is 5.69 Å². The molecule has 0 saturated carbocycles. The quantitative estimate of drug-likeness (QED) is 0.650. The first-order valence-corrected chi connectivity index (χ1v) is 4.99. The predicted molar refractivity (Wildman–Crippen MR) is 62.8 cm³/mol. The predicted octanol–water partition coefficient (Wildman–Crippen LogP) is 3.02. The summed E-state index contributed by atoms with van der Waals surface area (Å²) in [5.41, 5.74) is 1.08. The minimum atomic E-state index is -0.930. The van der Waals surface area contributed by atoms with E-state index >= 15 is 0 Å². The fourth-order valence-corrected chi connectivity index (χ4v) is 1.94. The number of fused-ring (bicyclic) bond motifs is 2. The van der Waals surface area contributed by atoms with Gasteiger partial charge in [-0.1, -0.05) is 24.3 Å². The lowest BCUT2D eigenvalue weighted by molar-refractivity contribution is 0.0691. The molecule has 2 aromatic carbocycles. The van der Waals surface area contributed by atoms with E-state index in [1.807, 2.05) is 36.4 Å². The van der Waals surface area contributed by atoms with E-state index in [1.165, 1.54) is 0 Å². The summed E-state index contributed by atoms with van der Waals surface area (Å²) in [6.45, 7) is 0. The second-order valence-electron chi connectivity index (χ2n) is 3.77. The van der Waals surface area contributed by atoms with E-state index in [9.17, 15) is 4.79 Å². The molecule has 3 nitrogen and oxygen atoms in total. The number of rotatable bonds is 1. The van der Waals surface area contributed by atoms with Gasteiger partial charge in [0.15, 0.2) is 0 Å². The highest BCUT2D eigenvalue weighted by molar-refractivity contribution is 6.00. The average molecular weight is 211 g/mol. The van der Waals surface area contributed by atoms with Crippen molar-refractivity contribution < 1.29 is 9.90 Å². The van der Waals surface area contributed by atoms with Crippen LogP contribution in [0, 0.1) is 0 Å². The maximum Gasteiger partial charge on any atom is 0.352 e. The lowest BCUT2D eigenvalue weighted by Gasteiger charge is -1.96. The Kier molecular flexibility index (Phi) is 1.74. The number of aromatic carboxylic acids is 1. The first kappa shape index (κ1) is 8.97. The summed E-state index contributed by atoms with van der Waals surface area (Å²) in [4.78, 5) is 13.7. The summed E-state index contributed by atoms with van der Waals surface area (Å²) >= 11 is 0. The van der Waals surface area contributed by atoms with Crippen molar-refractivity contribution >= 4 is 27.6 Å². The zero-order chi connectivity index (χ0) is 11.1. The van der Waals surface area contributed by atoms with Crippen LogP contribution in [0.3, 0.4) is 0 Å². The van der Waals surface area contributed by atoms with Crippen molar-refractivity contribution in [2.75, 3.05) is 0 Å². The molecule has 0 unspecified atom stereocenters. The third kappa shape index (κ3) is 1.26. The molecule has 0 aliphatic rings. The van der Waals surface area contributed by atoms with Gasteiger partial charge in [0.2, 0.25) is 0 Å². The van der Waals surface area contributed by atoms with E-state index in [1.54, 1.807) is 6.07 Å². The number of aromatic amines is 1. The van der Waals surface area contributed by atoms with Crippen molar-refractivity contribution in [3.05, 3.63) is 48.2 Å². The van der Waals surface area contributed by atoms with Crippen LogP contribution >= 0.6 is 0 Å². The number of hydrogen-bond acceptors (Lipinski definition) is 1. The Morgan fingerprint density at radius 3 is 2.38 bits per heavy atom. The number of H-pyrrole nitrogens is 1. The van der Waals surface area contributed by atoms with E-state index < -0.39 is 5.97 Å². The highest BCUT2D eigenvalue weighted by atomic mass is 16.4. The van der Waals surface area contributed by atoms with Crippen LogP contribution in [0.2, 0.25) is 0 Å². The van der Waals surface area contributed by atoms with Crippen molar-refractivity contribution in [2.24, 2.45) is 0 Å². The summed E-state index contributed by atoms with van der Waals surface area (Å²) in [5.74, 6) is -0.930. The molecule has 0 aliphatic carbocycles. The Morgan fingerprint density at radius 1 is 1.00 bits per heavy atom. The molecule has 1 heterocycles. The number of carboxylic acid groups (broad SMARTS) is 1. The Bertz CT molecular complexity index is 645. The topological polar surface area (TPSA) is 53.1 Å². The molecule has 0 radical (unpaired) electrons. The smallest absolute Gasteiger partial charge is 0.352 e. The Labute approximate surface area is 91.3 Å². The summed E-state index contributed by atoms with van der Waals surface area (Å²) < 4.78 is 0. The summed E-state index contributed by atoms with van der Waals surface area (Å²) in [6, 6.07) is 13.6.